The van der Waals surface area contributed by atoms with Gasteiger partial charge in [-0.2, -0.15) is 0 Å². The van der Waals surface area contributed by atoms with Crippen LogP contribution in [0.25, 0.3) is 0 Å². The first-order valence-electron chi connectivity index (χ1n) is 6.46. The van der Waals surface area contributed by atoms with Crippen LogP contribution in [0.2, 0.25) is 0 Å². The van der Waals surface area contributed by atoms with E-state index < -0.39 is 10.0 Å². The van der Waals surface area contributed by atoms with E-state index in [1.54, 1.807) is 4.31 Å². The molecule has 1 unspecified atom stereocenters. The van der Waals surface area contributed by atoms with Gasteiger partial charge in [-0.1, -0.05) is 27.7 Å². The highest BCUT2D eigenvalue weighted by atomic mass is 32.2. The second-order valence-corrected chi connectivity index (χ2v) is 7.97. The van der Waals surface area contributed by atoms with Crippen molar-refractivity contribution in [2.24, 2.45) is 11.3 Å². The van der Waals surface area contributed by atoms with E-state index in [4.69, 9.17) is 0 Å². The van der Waals surface area contributed by atoms with Gasteiger partial charge in [0.25, 0.3) is 0 Å². The monoisotopic (exact) mass is 262 g/mol. The summed E-state index contributed by atoms with van der Waals surface area (Å²) >= 11 is 0. The Kier molecular flexibility index (Phi) is 4.98. The molecule has 17 heavy (non-hydrogen) atoms. The van der Waals surface area contributed by atoms with Crippen LogP contribution >= 0.6 is 0 Å². The van der Waals surface area contributed by atoms with Crippen molar-refractivity contribution in [2.75, 3.05) is 31.9 Å². The van der Waals surface area contributed by atoms with Crippen molar-refractivity contribution in [1.82, 2.24) is 9.62 Å². The topological polar surface area (TPSA) is 49.4 Å². The first kappa shape index (κ1) is 14.9. The third-order valence-electron chi connectivity index (χ3n) is 3.56. The Morgan fingerprint density at radius 1 is 1.35 bits per heavy atom. The molecule has 1 fully saturated rings. The zero-order valence-electron chi connectivity index (χ0n) is 11.5. The fourth-order valence-corrected chi connectivity index (χ4v) is 3.65. The maximum Gasteiger partial charge on any atom is 0.215 e. The average molecular weight is 262 g/mol. The third-order valence-corrected chi connectivity index (χ3v) is 5.39. The van der Waals surface area contributed by atoms with Gasteiger partial charge in [0, 0.05) is 19.6 Å². The summed E-state index contributed by atoms with van der Waals surface area (Å²) in [4.78, 5) is 0. The first-order chi connectivity index (χ1) is 7.77. The van der Waals surface area contributed by atoms with Gasteiger partial charge in [-0.3, -0.25) is 0 Å². The zero-order chi connectivity index (χ0) is 13.1. The Labute approximate surface area is 106 Å². The Balaban J connectivity index is 2.52. The molecule has 102 valence electrons. The largest absolute Gasteiger partial charge is 0.316 e. The first-order valence-corrected chi connectivity index (χ1v) is 8.07. The number of nitrogens with zero attached hydrogens (tertiary/aromatic N) is 1. The van der Waals surface area contributed by atoms with Crippen LogP contribution in [0, 0.1) is 11.3 Å². The number of nitrogens with one attached hydrogen (secondary N) is 1. The minimum absolute atomic E-state index is 0.200. The van der Waals surface area contributed by atoms with Gasteiger partial charge in [0.2, 0.25) is 10.0 Å². The van der Waals surface area contributed by atoms with Crippen LogP contribution in [0.5, 0.6) is 0 Å². The fourth-order valence-electron chi connectivity index (χ4n) is 2.19. The molecule has 1 rings (SSSR count). The van der Waals surface area contributed by atoms with Gasteiger partial charge < -0.3 is 5.32 Å². The summed E-state index contributed by atoms with van der Waals surface area (Å²) in [7, 11) is -3.05. The summed E-state index contributed by atoms with van der Waals surface area (Å²) < 4.78 is 25.8. The summed E-state index contributed by atoms with van der Waals surface area (Å²) in [5.41, 5.74) is 0.200. The van der Waals surface area contributed by atoms with Crippen LogP contribution in [0.15, 0.2) is 0 Å². The molecular formula is C12H26N2O2S. The number of hydrogen-bond donors (Lipinski definition) is 1. The van der Waals surface area contributed by atoms with Crippen molar-refractivity contribution < 1.29 is 8.42 Å². The van der Waals surface area contributed by atoms with Crippen LogP contribution in [0.4, 0.5) is 0 Å². The molecule has 0 aromatic rings. The van der Waals surface area contributed by atoms with Crippen molar-refractivity contribution in [3.63, 3.8) is 0 Å². The number of hydrogen-bond acceptors (Lipinski definition) is 3. The maximum absolute atomic E-state index is 12.1. The zero-order valence-corrected chi connectivity index (χ0v) is 12.3. The molecular weight excluding hydrogens is 236 g/mol. The molecule has 1 saturated heterocycles. The lowest BCUT2D eigenvalue weighted by atomic mass is 9.80. The van der Waals surface area contributed by atoms with Crippen molar-refractivity contribution in [3.8, 4) is 0 Å². The Hall–Kier alpha value is -0.130. The minimum Gasteiger partial charge on any atom is -0.316 e. The predicted molar refractivity (Wildman–Crippen MR) is 71.5 cm³/mol. The van der Waals surface area contributed by atoms with Gasteiger partial charge in [0.05, 0.1) is 5.75 Å². The van der Waals surface area contributed by atoms with E-state index in [0.717, 1.165) is 13.0 Å². The number of sulfonamides is 1. The van der Waals surface area contributed by atoms with E-state index in [1.807, 2.05) is 6.92 Å². The van der Waals surface area contributed by atoms with Crippen molar-refractivity contribution in [3.05, 3.63) is 0 Å². The molecule has 1 N–H and O–H groups in total. The van der Waals surface area contributed by atoms with Gasteiger partial charge in [0.1, 0.15) is 0 Å². The highest BCUT2D eigenvalue weighted by molar-refractivity contribution is 7.89. The lowest BCUT2D eigenvalue weighted by molar-refractivity contribution is 0.252. The van der Waals surface area contributed by atoms with Gasteiger partial charge in [-0.25, -0.2) is 12.7 Å². The van der Waals surface area contributed by atoms with Crippen LogP contribution in [0.3, 0.4) is 0 Å². The molecule has 0 bridgehead atoms. The van der Waals surface area contributed by atoms with Gasteiger partial charge >= 0.3 is 0 Å². The molecule has 0 aromatic carbocycles. The summed E-state index contributed by atoms with van der Waals surface area (Å²) in [6.07, 6.45) is 0.990. The molecule has 0 saturated carbocycles. The molecule has 0 aromatic heterocycles. The van der Waals surface area contributed by atoms with Gasteiger partial charge in [-0.15, -0.1) is 0 Å². The summed E-state index contributed by atoms with van der Waals surface area (Å²) in [6.45, 7) is 11.3. The van der Waals surface area contributed by atoms with Crippen LogP contribution < -0.4 is 5.32 Å². The maximum atomic E-state index is 12.1. The SMILES string of the molecule is CCNCCS(=O)(=O)N1CCC(C(C)(C)C)C1. The lowest BCUT2D eigenvalue weighted by Crippen LogP contribution is -2.36. The Bertz CT molecular complexity index is 333. The molecule has 0 amide bonds. The highest BCUT2D eigenvalue weighted by Gasteiger charge is 2.36. The van der Waals surface area contributed by atoms with E-state index in [9.17, 15) is 8.42 Å². The van der Waals surface area contributed by atoms with Gasteiger partial charge in [0.15, 0.2) is 0 Å². The molecule has 0 radical (unpaired) electrons. The summed E-state index contributed by atoms with van der Waals surface area (Å²) in [5.74, 6) is 0.703. The Morgan fingerprint density at radius 2 is 2.00 bits per heavy atom. The fraction of sp³-hybridized carbons (Fsp3) is 1.00. The third kappa shape index (κ3) is 4.23. The standard InChI is InChI=1S/C12H26N2O2S/c1-5-13-7-9-17(15,16)14-8-6-11(10-14)12(2,3)4/h11,13H,5-10H2,1-4H3. The molecule has 1 heterocycles. The van der Waals surface area contributed by atoms with Crippen molar-refractivity contribution in [2.45, 2.75) is 34.1 Å². The van der Waals surface area contributed by atoms with E-state index >= 15 is 0 Å². The van der Waals surface area contributed by atoms with Crippen LogP contribution in [0.1, 0.15) is 34.1 Å². The minimum atomic E-state index is -3.05. The average Bonchev–Trinajstić information content (AvgIpc) is 2.66. The van der Waals surface area contributed by atoms with Crippen molar-refractivity contribution >= 4 is 10.0 Å². The van der Waals surface area contributed by atoms with Crippen LogP contribution in [-0.4, -0.2) is 44.7 Å². The lowest BCUT2D eigenvalue weighted by Gasteiger charge is -2.26. The van der Waals surface area contributed by atoms with Crippen molar-refractivity contribution in [1.29, 1.82) is 0 Å². The molecule has 1 aliphatic rings. The molecule has 0 spiro atoms. The molecule has 1 aliphatic heterocycles. The molecule has 4 nitrogen and oxygen atoms in total. The normalized spacial score (nSPS) is 23.2. The molecule has 1 atom stereocenters. The van der Waals surface area contributed by atoms with Crippen LogP contribution in [-0.2, 0) is 10.0 Å². The van der Waals surface area contributed by atoms with E-state index in [1.165, 1.54) is 0 Å². The molecule has 0 aliphatic carbocycles. The predicted octanol–water partition coefficient (Wildman–Crippen LogP) is 1.29. The van der Waals surface area contributed by atoms with E-state index in [-0.39, 0.29) is 11.2 Å². The highest BCUT2D eigenvalue weighted by Crippen LogP contribution is 2.34. The van der Waals surface area contributed by atoms with E-state index in [2.05, 4.69) is 26.1 Å². The smallest absolute Gasteiger partial charge is 0.215 e. The quantitative estimate of drug-likeness (QED) is 0.760. The molecule has 5 heteroatoms. The second kappa shape index (κ2) is 5.67. The van der Waals surface area contributed by atoms with Gasteiger partial charge in [-0.05, 0) is 24.3 Å². The summed E-state index contributed by atoms with van der Waals surface area (Å²) in [6, 6.07) is 0. The van der Waals surface area contributed by atoms with E-state index in [0.29, 0.717) is 25.6 Å². The Morgan fingerprint density at radius 3 is 2.47 bits per heavy atom. The summed E-state index contributed by atoms with van der Waals surface area (Å²) in [5, 5.41) is 3.06. The number of rotatable bonds is 5. The second-order valence-electron chi connectivity index (χ2n) is 5.88.